The van der Waals surface area contributed by atoms with Crippen LogP contribution in [-0.2, 0) is 16.6 Å². The van der Waals surface area contributed by atoms with Crippen LogP contribution in [0.5, 0.6) is 0 Å². The lowest BCUT2D eigenvalue weighted by Crippen LogP contribution is -2.24. The highest BCUT2D eigenvalue weighted by atomic mass is 35.5. The number of anilines is 1. The number of hydrogen-bond donors (Lipinski definition) is 2. The molecule has 0 unspecified atom stereocenters. The van der Waals surface area contributed by atoms with Gasteiger partial charge in [0.05, 0.1) is 17.9 Å². The van der Waals surface area contributed by atoms with Crippen molar-refractivity contribution in [2.75, 3.05) is 5.73 Å². The van der Waals surface area contributed by atoms with Crippen molar-refractivity contribution < 1.29 is 8.42 Å². The number of nitrogen functional groups attached to an aromatic ring is 1. The van der Waals surface area contributed by atoms with Crippen LogP contribution in [0.25, 0.3) is 0 Å². The van der Waals surface area contributed by atoms with Crippen LogP contribution in [0.2, 0.25) is 5.02 Å². The SMILES string of the molecule is Nc1cc(Cl)ccc1S(=O)(=O)NCc1ccccn1. The van der Waals surface area contributed by atoms with Gasteiger partial charge in [-0.05, 0) is 30.3 Å². The highest BCUT2D eigenvalue weighted by Crippen LogP contribution is 2.22. The number of hydrogen-bond acceptors (Lipinski definition) is 4. The van der Waals surface area contributed by atoms with Crippen LogP contribution >= 0.6 is 11.6 Å². The molecule has 5 nitrogen and oxygen atoms in total. The van der Waals surface area contributed by atoms with E-state index in [1.165, 1.54) is 18.2 Å². The van der Waals surface area contributed by atoms with Crippen molar-refractivity contribution >= 4 is 27.3 Å². The largest absolute Gasteiger partial charge is 0.398 e. The molecule has 0 amide bonds. The molecule has 0 fully saturated rings. The average Bonchev–Trinajstić information content (AvgIpc) is 2.37. The molecule has 0 aliphatic rings. The Morgan fingerprint density at radius 2 is 2.05 bits per heavy atom. The standard InChI is InChI=1S/C12H12ClN3O2S/c13-9-4-5-12(11(14)7-9)19(17,18)16-8-10-3-1-2-6-15-10/h1-7,16H,8,14H2. The van der Waals surface area contributed by atoms with Crippen LogP contribution in [0.1, 0.15) is 5.69 Å². The monoisotopic (exact) mass is 297 g/mol. The molecule has 3 N–H and O–H groups in total. The summed E-state index contributed by atoms with van der Waals surface area (Å²) in [6.07, 6.45) is 1.60. The smallest absolute Gasteiger partial charge is 0.242 e. The lowest BCUT2D eigenvalue weighted by atomic mass is 10.3. The van der Waals surface area contributed by atoms with Crippen LogP contribution in [0.4, 0.5) is 5.69 Å². The summed E-state index contributed by atoms with van der Waals surface area (Å²) < 4.78 is 26.6. The summed E-state index contributed by atoms with van der Waals surface area (Å²) in [7, 11) is -3.68. The maximum Gasteiger partial charge on any atom is 0.242 e. The number of rotatable bonds is 4. The highest BCUT2D eigenvalue weighted by Gasteiger charge is 2.17. The first-order valence-corrected chi connectivity index (χ1v) is 7.30. The summed E-state index contributed by atoms with van der Waals surface area (Å²) in [4.78, 5) is 4.04. The highest BCUT2D eigenvalue weighted by molar-refractivity contribution is 7.89. The number of pyridine rings is 1. The van der Waals surface area contributed by atoms with E-state index in [1.54, 1.807) is 24.4 Å². The summed E-state index contributed by atoms with van der Waals surface area (Å²) >= 11 is 5.73. The Bertz CT molecular complexity index is 675. The van der Waals surface area contributed by atoms with E-state index in [-0.39, 0.29) is 17.1 Å². The summed E-state index contributed by atoms with van der Waals surface area (Å²) in [5.74, 6) is 0. The van der Waals surface area contributed by atoms with Crippen molar-refractivity contribution in [3.63, 3.8) is 0 Å². The maximum atomic E-state index is 12.1. The Morgan fingerprint density at radius 3 is 2.68 bits per heavy atom. The minimum Gasteiger partial charge on any atom is -0.398 e. The Kier molecular flexibility index (Phi) is 4.04. The van der Waals surface area contributed by atoms with Crippen molar-refractivity contribution in [3.05, 3.63) is 53.3 Å². The van der Waals surface area contributed by atoms with E-state index in [0.717, 1.165) is 0 Å². The van der Waals surface area contributed by atoms with Gasteiger partial charge in [-0.15, -0.1) is 0 Å². The predicted octanol–water partition coefficient (Wildman–Crippen LogP) is 1.80. The molecule has 0 radical (unpaired) electrons. The van der Waals surface area contributed by atoms with Crippen molar-refractivity contribution in [2.24, 2.45) is 0 Å². The molecule has 0 saturated heterocycles. The fraction of sp³-hybridized carbons (Fsp3) is 0.0833. The van der Waals surface area contributed by atoms with Crippen molar-refractivity contribution in [1.82, 2.24) is 9.71 Å². The van der Waals surface area contributed by atoms with Crippen molar-refractivity contribution in [3.8, 4) is 0 Å². The van der Waals surface area contributed by atoms with Crippen LogP contribution in [0.15, 0.2) is 47.5 Å². The molecule has 1 aromatic heterocycles. The van der Waals surface area contributed by atoms with E-state index in [2.05, 4.69) is 9.71 Å². The van der Waals surface area contributed by atoms with Crippen molar-refractivity contribution in [2.45, 2.75) is 11.4 Å². The Labute approximate surface area is 116 Å². The Balaban J connectivity index is 2.19. The summed E-state index contributed by atoms with van der Waals surface area (Å²) in [5.41, 5.74) is 6.39. The first-order valence-electron chi connectivity index (χ1n) is 5.43. The Morgan fingerprint density at radius 1 is 1.26 bits per heavy atom. The van der Waals surface area contributed by atoms with Gasteiger partial charge in [-0.3, -0.25) is 4.98 Å². The first-order chi connectivity index (χ1) is 8.99. The number of aromatic nitrogens is 1. The molecule has 0 aliphatic heterocycles. The minimum atomic E-state index is -3.68. The second-order valence-electron chi connectivity index (χ2n) is 3.83. The lowest BCUT2D eigenvalue weighted by molar-refractivity contribution is 0.581. The summed E-state index contributed by atoms with van der Waals surface area (Å²) in [6.45, 7) is 0.102. The van der Waals surface area contributed by atoms with Crippen molar-refractivity contribution in [1.29, 1.82) is 0 Å². The van der Waals surface area contributed by atoms with Gasteiger partial charge in [0.1, 0.15) is 4.90 Å². The third kappa shape index (κ3) is 3.44. The van der Waals surface area contributed by atoms with Crippen LogP contribution < -0.4 is 10.5 Å². The van der Waals surface area contributed by atoms with Gasteiger partial charge < -0.3 is 5.73 Å². The molecule has 0 atom stereocenters. The van der Waals surface area contributed by atoms with Crippen LogP contribution in [0.3, 0.4) is 0 Å². The normalized spacial score (nSPS) is 11.4. The van der Waals surface area contributed by atoms with Gasteiger partial charge in [-0.2, -0.15) is 0 Å². The fourth-order valence-corrected chi connectivity index (χ4v) is 2.80. The molecule has 0 aliphatic carbocycles. The fourth-order valence-electron chi connectivity index (χ4n) is 1.51. The molecule has 2 rings (SSSR count). The maximum absolute atomic E-state index is 12.1. The molecule has 0 bridgehead atoms. The molecule has 1 aromatic carbocycles. The molecule has 0 saturated carbocycles. The topological polar surface area (TPSA) is 85.1 Å². The van der Waals surface area contributed by atoms with E-state index < -0.39 is 10.0 Å². The quantitative estimate of drug-likeness (QED) is 0.843. The van der Waals surface area contributed by atoms with Crippen LogP contribution in [-0.4, -0.2) is 13.4 Å². The molecule has 0 spiro atoms. The third-order valence-electron chi connectivity index (χ3n) is 2.43. The number of benzene rings is 1. The van der Waals surface area contributed by atoms with Crippen LogP contribution in [0, 0.1) is 0 Å². The first kappa shape index (κ1) is 13.8. The molecule has 2 aromatic rings. The van der Waals surface area contributed by atoms with Gasteiger partial charge in [0.15, 0.2) is 0 Å². The zero-order valence-corrected chi connectivity index (χ0v) is 11.4. The van der Waals surface area contributed by atoms with Gasteiger partial charge in [0.2, 0.25) is 10.0 Å². The minimum absolute atomic E-state index is 0.00725. The third-order valence-corrected chi connectivity index (χ3v) is 4.14. The van der Waals surface area contributed by atoms with Gasteiger partial charge in [-0.25, -0.2) is 13.1 Å². The molecule has 7 heteroatoms. The zero-order chi connectivity index (χ0) is 13.9. The molecular weight excluding hydrogens is 286 g/mol. The molecule has 1 heterocycles. The van der Waals surface area contributed by atoms with E-state index in [0.29, 0.717) is 10.7 Å². The molecule has 19 heavy (non-hydrogen) atoms. The number of nitrogens with zero attached hydrogens (tertiary/aromatic N) is 1. The number of sulfonamides is 1. The summed E-state index contributed by atoms with van der Waals surface area (Å²) in [6, 6.07) is 9.53. The second kappa shape index (κ2) is 5.56. The second-order valence-corrected chi connectivity index (χ2v) is 6.00. The lowest BCUT2D eigenvalue weighted by Gasteiger charge is -2.09. The molecule has 100 valence electrons. The molecular formula is C12H12ClN3O2S. The number of nitrogens with one attached hydrogen (secondary N) is 1. The van der Waals surface area contributed by atoms with E-state index in [4.69, 9.17) is 17.3 Å². The predicted molar refractivity (Wildman–Crippen MR) is 74.1 cm³/mol. The Hall–Kier alpha value is -1.63. The summed E-state index contributed by atoms with van der Waals surface area (Å²) in [5, 5.41) is 0.390. The van der Waals surface area contributed by atoms with Gasteiger partial charge in [-0.1, -0.05) is 17.7 Å². The van der Waals surface area contributed by atoms with E-state index >= 15 is 0 Å². The van der Waals surface area contributed by atoms with E-state index in [9.17, 15) is 8.42 Å². The van der Waals surface area contributed by atoms with E-state index in [1.807, 2.05) is 0 Å². The van der Waals surface area contributed by atoms with Gasteiger partial charge >= 0.3 is 0 Å². The average molecular weight is 298 g/mol. The number of halogens is 1. The zero-order valence-electron chi connectivity index (χ0n) is 9.88. The van der Waals surface area contributed by atoms with Gasteiger partial charge in [0, 0.05) is 11.2 Å². The van der Waals surface area contributed by atoms with Gasteiger partial charge in [0.25, 0.3) is 0 Å². The number of nitrogens with two attached hydrogens (primary N) is 1.